The fourth-order valence-corrected chi connectivity index (χ4v) is 4.29. The summed E-state index contributed by atoms with van der Waals surface area (Å²) in [5.41, 5.74) is 2.67. The molecule has 0 aliphatic carbocycles. The third-order valence-electron chi connectivity index (χ3n) is 6.19. The smallest absolute Gasteiger partial charge is 0.260 e. The summed E-state index contributed by atoms with van der Waals surface area (Å²) in [6.07, 6.45) is 5.17. The van der Waals surface area contributed by atoms with E-state index in [4.69, 9.17) is 14.2 Å². The first kappa shape index (κ1) is 22.4. The molecule has 0 spiro atoms. The molecule has 2 bridgehead atoms. The number of aromatic amines is 1. The van der Waals surface area contributed by atoms with Crippen molar-refractivity contribution < 1.29 is 19.0 Å². The second-order valence-corrected chi connectivity index (χ2v) is 8.85. The van der Waals surface area contributed by atoms with Gasteiger partial charge < -0.3 is 34.3 Å². The van der Waals surface area contributed by atoms with Crippen LogP contribution in [-0.2, 0) is 16.1 Å². The summed E-state index contributed by atoms with van der Waals surface area (Å²) in [5, 5.41) is 4.36. The van der Waals surface area contributed by atoms with Crippen LogP contribution in [0.5, 0.6) is 11.5 Å². The monoisotopic (exact) mass is 466 g/mol. The molecule has 1 saturated heterocycles. The van der Waals surface area contributed by atoms with Crippen LogP contribution in [0.4, 0.5) is 11.5 Å². The largest absolute Gasteiger partial charge is 0.484 e. The van der Waals surface area contributed by atoms with Crippen LogP contribution in [0.1, 0.15) is 18.4 Å². The van der Waals surface area contributed by atoms with Crippen LogP contribution in [0.15, 0.2) is 30.7 Å². The van der Waals surface area contributed by atoms with E-state index in [9.17, 15) is 4.79 Å². The molecule has 2 aliphatic heterocycles. The molecule has 0 radical (unpaired) electrons. The first-order valence-electron chi connectivity index (χ1n) is 11.6. The highest BCUT2D eigenvalue weighted by atomic mass is 16.6. The lowest BCUT2D eigenvalue weighted by molar-refractivity contribution is -0.132. The van der Waals surface area contributed by atoms with Crippen molar-refractivity contribution in [3.05, 3.63) is 36.3 Å². The molecule has 5 rings (SSSR count). The Labute approximate surface area is 198 Å². The third-order valence-corrected chi connectivity index (χ3v) is 6.19. The van der Waals surface area contributed by atoms with Crippen LogP contribution in [0.2, 0.25) is 0 Å². The van der Waals surface area contributed by atoms with Gasteiger partial charge in [0.1, 0.15) is 23.9 Å². The maximum absolute atomic E-state index is 12.7. The number of nitrogens with zero attached hydrogens (tertiary/aromatic N) is 4. The molecule has 2 aromatic heterocycles. The van der Waals surface area contributed by atoms with E-state index in [2.05, 4.69) is 32.2 Å². The highest BCUT2D eigenvalue weighted by molar-refractivity contribution is 5.92. The van der Waals surface area contributed by atoms with Crippen molar-refractivity contribution in [2.24, 2.45) is 0 Å². The van der Waals surface area contributed by atoms with Crippen LogP contribution in [0, 0.1) is 0 Å². The van der Waals surface area contributed by atoms with Gasteiger partial charge in [0, 0.05) is 44.5 Å². The van der Waals surface area contributed by atoms with Crippen LogP contribution in [0.3, 0.4) is 0 Å². The Hall–Kier alpha value is -3.37. The molecule has 10 nitrogen and oxygen atoms in total. The fraction of sp³-hybridized carbons (Fsp3) is 0.458. The number of hydrogen-bond acceptors (Lipinski definition) is 8. The molecule has 1 aromatic carbocycles. The molecule has 0 saturated carbocycles. The summed E-state index contributed by atoms with van der Waals surface area (Å²) >= 11 is 0. The Morgan fingerprint density at radius 1 is 1.21 bits per heavy atom. The van der Waals surface area contributed by atoms with Gasteiger partial charge in [-0.05, 0) is 37.7 Å². The molecule has 3 aromatic rings. The third kappa shape index (κ3) is 4.92. The molecule has 1 fully saturated rings. The van der Waals surface area contributed by atoms with E-state index in [1.54, 1.807) is 4.90 Å². The number of hydrogen-bond donors (Lipinski definition) is 2. The molecule has 1 amide bonds. The minimum Gasteiger partial charge on any atom is -0.484 e. The van der Waals surface area contributed by atoms with E-state index in [-0.39, 0.29) is 18.6 Å². The molecule has 1 unspecified atom stereocenters. The van der Waals surface area contributed by atoms with Gasteiger partial charge in [-0.1, -0.05) is 0 Å². The summed E-state index contributed by atoms with van der Waals surface area (Å²) in [7, 11) is 3.88. The highest BCUT2D eigenvalue weighted by Gasteiger charge is 2.21. The van der Waals surface area contributed by atoms with E-state index in [1.165, 1.54) is 6.33 Å². The van der Waals surface area contributed by atoms with E-state index >= 15 is 0 Å². The number of carbonyl (C=O) groups is 1. The van der Waals surface area contributed by atoms with Crippen molar-refractivity contribution in [2.45, 2.75) is 25.5 Å². The van der Waals surface area contributed by atoms with Crippen molar-refractivity contribution >= 4 is 28.4 Å². The second-order valence-electron chi connectivity index (χ2n) is 8.85. The Kier molecular flexibility index (Phi) is 6.50. The van der Waals surface area contributed by atoms with Crippen LogP contribution < -0.4 is 14.8 Å². The standard InChI is InChI=1S/C24H30N6O4/c1-29-7-3-8-30(2)21(31)14-33-20-10-17(4-5-19(20)34-18-6-9-32-13-18)28-24-22-16(12-29)11-25-23(22)26-15-27-24/h4-5,10-11,15,18H,3,6-9,12-14H2,1-2H3,(H2,25,26,27,28). The Morgan fingerprint density at radius 3 is 2.97 bits per heavy atom. The summed E-state index contributed by atoms with van der Waals surface area (Å²) in [4.78, 5) is 28.8. The van der Waals surface area contributed by atoms with Crippen LogP contribution in [0.25, 0.3) is 11.0 Å². The summed E-state index contributed by atoms with van der Waals surface area (Å²) in [5.74, 6) is 1.73. The molecule has 2 aliphatic rings. The second kappa shape index (κ2) is 9.86. The molecule has 4 heterocycles. The minimum absolute atomic E-state index is 0.0294. The van der Waals surface area contributed by atoms with E-state index in [0.29, 0.717) is 37.1 Å². The van der Waals surface area contributed by atoms with Gasteiger partial charge in [0.2, 0.25) is 0 Å². The predicted molar refractivity (Wildman–Crippen MR) is 128 cm³/mol. The summed E-state index contributed by atoms with van der Waals surface area (Å²) in [6, 6.07) is 5.62. The maximum atomic E-state index is 12.7. The number of anilines is 2. The number of benzene rings is 1. The number of H-pyrrole nitrogens is 1. The van der Waals surface area contributed by atoms with Gasteiger partial charge in [-0.3, -0.25) is 4.79 Å². The predicted octanol–water partition coefficient (Wildman–Crippen LogP) is 2.54. The number of aromatic nitrogens is 3. The molecule has 2 N–H and O–H groups in total. The zero-order valence-electron chi connectivity index (χ0n) is 19.5. The first-order valence-corrected chi connectivity index (χ1v) is 11.6. The van der Waals surface area contributed by atoms with Crippen molar-refractivity contribution in [1.82, 2.24) is 24.8 Å². The molecular formula is C24H30N6O4. The fourth-order valence-electron chi connectivity index (χ4n) is 4.29. The van der Waals surface area contributed by atoms with Gasteiger partial charge in [0.25, 0.3) is 5.91 Å². The molecule has 180 valence electrons. The van der Waals surface area contributed by atoms with Crippen molar-refractivity contribution in [1.29, 1.82) is 0 Å². The number of carbonyl (C=O) groups excluding carboxylic acids is 1. The molecular weight excluding hydrogens is 436 g/mol. The van der Waals surface area contributed by atoms with Crippen molar-refractivity contribution in [3.63, 3.8) is 0 Å². The summed E-state index contributed by atoms with van der Waals surface area (Å²) < 4.78 is 17.5. The zero-order valence-corrected chi connectivity index (χ0v) is 19.5. The molecule has 1 atom stereocenters. The van der Waals surface area contributed by atoms with Gasteiger partial charge >= 0.3 is 0 Å². The van der Waals surface area contributed by atoms with Crippen LogP contribution in [-0.4, -0.2) is 83.8 Å². The lowest BCUT2D eigenvalue weighted by atomic mass is 10.2. The normalized spacial score (nSPS) is 20.2. The van der Waals surface area contributed by atoms with E-state index in [1.807, 2.05) is 31.4 Å². The number of amides is 1. The number of nitrogens with one attached hydrogen (secondary N) is 2. The Bertz CT molecular complexity index is 1160. The zero-order chi connectivity index (χ0) is 23.5. The van der Waals surface area contributed by atoms with Gasteiger partial charge in [-0.2, -0.15) is 0 Å². The minimum atomic E-state index is -0.0753. The van der Waals surface area contributed by atoms with Gasteiger partial charge in [-0.25, -0.2) is 9.97 Å². The average Bonchev–Trinajstić information content (AvgIpc) is 3.49. The Morgan fingerprint density at radius 2 is 2.12 bits per heavy atom. The summed E-state index contributed by atoms with van der Waals surface area (Å²) in [6.45, 7) is 3.41. The quantitative estimate of drug-likeness (QED) is 0.594. The van der Waals surface area contributed by atoms with Crippen molar-refractivity contribution in [2.75, 3.05) is 52.3 Å². The van der Waals surface area contributed by atoms with Gasteiger partial charge in [-0.15, -0.1) is 0 Å². The molecule has 10 heteroatoms. The number of fused-ring (bicyclic) bond motifs is 2. The first-order chi connectivity index (χ1) is 16.6. The maximum Gasteiger partial charge on any atom is 0.260 e. The number of rotatable bonds is 2. The van der Waals surface area contributed by atoms with Crippen molar-refractivity contribution in [3.8, 4) is 11.5 Å². The van der Waals surface area contributed by atoms with E-state index in [0.717, 1.165) is 48.2 Å². The van der Waals surface area contributed by atoms with Gasteiger partial charge in [0.05, 0.1) is 18.6 Å². The average molecular weight is 467 g/mol. The topological polar surface area (TPSA) is 105 Å². The van der Waals surface area contributed by atoms with Gasteiger partial charge in [0.15, 0.2) is 18.1 Å². The number of likely N-dealkylation sites (N-methyl/N-ethyl adjacent to an activating group) is 1. The van der Waals surface area contributed by atoms with Crippen LogP contribution >= 0.6 is 0 Å². The molecule has 34 heavy (non-hydrogen) atoms. The SMILES string of the molecule is CN1CCCN(C)C(=O)COc2cc(ccc2OC2CCOC2)Nc2ncnc3[nH]cc(c23)C1. The lowest BCUT2D eigenvalue weighted by Crippen LogP contribution is -2.34. The van der Waals surface area contributed by atoms with E-state index < -0.39 is 0 Å². The lowest BCUT2D eigenvalue weighted by Gasteiger charge is -2.22. The highest BCUT2D eigenvalue weighted by Crippen LogP contribution is 2.35. The number of ether oxygens (including phenoxy) is 3. The Balaban J connectivity index is 1.50.